The van der Waals surface area contributed by atoms with Crippen molar-refractivity contribution < 1.29 is 19.4 Å². The summed E-state index contributed by atoms with van der Waals surface area (Å²) in [7, 11) is 5.18. The number of benzene rings is 1. The number of carbonyl (C=O) groups excluding carboxylic acids is 1. The Morgan fingerprint density at radius 1 is 1.21 bits per heavy atom. The number of phenols is 1. The Morgan fingerprint density at radius 3 is 2.65 bits per heavy atom. The van der Waals surface area contributed by atoms with Gasteiger partial charge in [-0.1, -0.05) is 6.07 Å². The maximum Gasteiger partial charge on any atom is 0.188 e. The number of Topliss-reactive ketones (excluding diaryl/α,β-unsaturated/α-hetero) is 1. The average molecular weight is 461 g/mol. The first-order valence-electron chi connectivity index (χ1n) is 11.7. The van der Waals surface area contributed by atoms with E-state index < -0.39 is 0 Å². The minimum absolute atomic E-state index is 0.00243. The van der Waals surface area contributed by atoms with Gasteiger partial charge in [-0.05, 0) is 44.9 Å². The molecule has 5 aliphatic rings. The van der Waals surface area contributed by atoms with Crippen LogP contribution in [0.3, 0.4) is 0 Å². The van der Waals surface area contributed by atoms with Crippen LogP contribution in [0.5, 0.6) is 11.5 Å². The Labute approximate surface area is 198 Å². The number of methoxy groups -OCH3 is 2. The summed E-state index contributed by atoms with van der Waals surface area (Å²) < 4.78 is 11.1. The van der Waals surface area contributed by atoms with Gasteiger partial charge in [0.15, 0.2) is 23.0 Å². The molecule has 1 aromatic carbocycles. The van der Waals surface area contributed by atoms with Gasteiger partial charge in [0.05, 0.1) is 38.9 Å². The van der Waals surface area contributed by atoms with Gasteiger partial charge in [-0.25, -0.2) is 0 Å². The first kappa shape index (κ1) is 21.4. The number of carbonyl (C=O) groups is 1. The second kappa shape index (κ2) is 7.17. The largest absolute Gasteiger partial charge is 0.504 e. The van der Waals surface area contributed by atoms with Gasteiger partial charge in [0.2, 0.25) is 0 Å². The third-order valence-corrected chi connectivity index (χ3v) is 8.50. The monoisotopic (exact) mass is 460 g/mol. The summed E-state index contributed by atoms with van der Waals surface area (Å²) in [5.41, 5.74) is 5.83. The van der Waals surface area contributed by atoms with Crippen molar-refractivity contribution >= 4 is 11.5 Å². The normalized spacial score (nSPS) is 32.1. The molecule has 0 spiro atoms. The number of ether oxygens (including phenoxy) is 2. The number of aliphatic imine (C=N–C) groups is 1. The topological polar surface area (TPSA) is 98.4 Å². The van der Waals surface area contributed by atoms with Crippen molar-refractivity contribution in [3.05, 3.63) is 45.2 Å². The first-order valence-corrected chi connectivity index (χ1v) is 11.7. The number of hydrogen-bond donors (Lipinski definition) is 1. The van der Waals surface area contributed by atoms with E-state index in [1.807, 2.05) is 14.0 Å². The highest BCUT2D eigenvalue weighted by Gasteiger charge is 2.58. The lowest BCUT2D eigenvalue weighted by atomic mass is 9.70. The zero-order valence-electron chi connectivity index (χ0n) is 20.0. The molecule has 0 radical (unpaired) electrons. The van der Waals surface area contributed by atoms with Crippen molar-refractivity contribution in [3.63, 3.8) is 0 Å². The second-order valence-electron chi connectivity index (χ2n) is 9.91. The van der Waals surface area contributed by atoms with Gasteiger partial charge < -0.3 is 14.6 Å². The molecule has 4 heterocycles. The first-order chi connectivity index (χ1) is 16.3. The van der Waals surface area contributed by atoms with E-state index in [2.05, 4.69) is 21.9 Å². The summed E-state index contributed by atoms with van der Waals surface area (Å²) in [6.07, 6.45) is 1.16. The van der Waals surface area contributed by atoms with Gasteiger partial charge in [-0.3, -0.25) is 19.6 Å². The number of aryl methyl sites for hydroxylation is 1. The summed E-state index contributed by atoms with van der Waals surface area (Å²) in [6, 6.07) is 3.81. The van der Waals surface area contributed by atoms with Crippen LogP contribution in [0.2, 0.25) is 0 Å². The number of allylic oxidation sites excluding steroid dienone is 2. The highest BCUT2D eigenvalue weighted by atomic mass is 16.5. The minimum atomic E-state index is -0.356. The molecule has 6 rings (SSSR count). The summed E-state index contributed by atoms with van der Waals surface area (Å²) in [6.45, 7) is 4.22. The molecule has 1 N–H and O–H groups in total. The molecule has 0 aromatic heterocycles. The van der Waals surface area contributed by atoms with Crippen LogP contribution in [-0.2, 0) is 16.0 Å². The van der Waals surface area contributed by atoms with Crippen molar-refractivity contribution in [3.8, 4) is 17.6 Å². The maximum absolute atomic E-state index is 13.5. The number of ketones is 1. The van der Waals surface area contributed by atoms with Gasteiger partial charge in [-0.2, -0.15) is 5.26 Å². The van der Waals surface area contributed by atoms with Gasteiger partial charge >= 0.3 is 0 Å². The molecule has 1 aliphatic carbocycles. The van der Waals surface area contributed by atoms with E-state index in [4.69, 9.17) is 14.5 Å². The van der Waals surface area contributed by atoms with Crippen LogP contribution < -0.4 is 4.74 Å². The molecule has 5 atom stereocenters. The number of fused-ring (bicyclic) bond motifs is 7. The van der Waals surface area contributed by atoms with E-state index in [-0.39, 0.29) is 41.7 Å². The number of likely N-dealkylation sites (N-methyl/N-ethyl adjacent to an activating group) is 1. The van der Waals surface area contributed by atoms with E-state index in [0.717, 1.165) is 33.5 Å². The zero-order valence-corrected chi connectivity index (χ0v) is 20.0. The molecule has 2 bridgehead atoms. The summed E-state index contributed by atoms with van der Waals surface area (Å²) in [5.74, 6) is 1.20. The van der Waals surface area contributed by atoms with Crippen LogP contribution >= 0.6 is 0 Å². The molecule has 0 amide bonds. The van der Waals surface area contributed by atoms with E-state index in [9.17, 15) is 15.2 Å². The molecule has 8 heteroatoms. The van der Waals surface area contributed by atoms with Crippen molar-refractivity contribution in [2.45, 2.75) is 56.9 Å². The summed E-state index contributed by atoms with van der Waals surface area (Å²) in [5, 5.41) is 21.7. The van der Waals surface area contributed by atoms with E-state index in [1.54, 1.807) is 21.1 Å². The molecular weight excluding hydrogens is 432 g/mol. The summed E-state index contributed by atoms with van der Waals surface area (Å²) >= 11 is 0. The maximum atomic E-state index is 13.5. The predicted molar refractivity (Wildman–Crippen MR) is 125 cm³/mol. The quantitative estimate of drug-likeness (QED) is 0.676. The lowest BCUT2D eigenvalue weighted by Crippen LogP contribution is -2.70. The Balaban J connectivity index is 1.55. The number of nitrogens with zero attached hydrogens (tertiary/aromatic N) is 4. The smallest absolute Gasteiger partial charge is 0.188 e. The third-order valence-electron chi connectivity index (χ3n) is 8.50. The zero-order chi connectivity index (χ0) is 24.0. The Morgan fingerprint density at radius 2 is 1.97 bits per heavy atom. The Hall–Kier alpha value is -3.15. The second-order valence-corrected chi connectivity index (χ2v) is 9.91. The molecule has 0 saturated carbocycles. The molecule has 1 fully saturated rings. The average Bonchev–Trinajstić information content (AvgIpc) is 3.24. The number of piperazine rings is 1. The van der Waals surface area contributed by atoms with Crippen molar-refractivity contribution in [1.82, 2.24) is 9.80 Å². The van der Waals surface area contributed by atoms with Crippen LogP contribution in [0, 0.1) is 18.3 Å². The minimum Gasteiger partial charge on any atom is -0.504 e. The van der Waals surface area contributed by atoms with Gasteiger partial charge in [-0.15, -0.1) is 0 Å². The SMILES string of the molecule is COC1=C(C)C(=O)C2=C3C1=NC[C@@H]3N1[C@@H](C#N)[C@@H]3Cc4cc(C)c(OC)c(O)c4[C@H]([C@@H]1C2)N3C. The fourth-order valence-electron chi connectivity index (χ4n) is 7.15. The van der Waals surface area contributed by atoms with Gasteiger partial charge in [0, 0.05) is 34.4 Å². The Bertz CT molecular complexity index is 1290. The molecule has 8 nitrogen and oxygen atoms in total. The third kappa shape index (κ3) is 2.44. The van der Waals surface area contributed by atoms with Crippen LogP contribution in [0.1, 0.15) is 36.1 Å². The molecule has 0 unspecified atom stereocenters. The molecule has 1 saturated heterocycles. The molecule has 1 aromatic rings. The fraction of sp³-hybridized carbons (Fsp3) is 0.500. The fourth-order valence-corrected chi connectivity index (χ4v) is 7.15. The van der Waals surface area contributed by atoms with Crippen molar-refractivity contribution in [2.75, 3.05) is 27.8 Å². The molecule has 4 aliphatic heterocycles. The standard InChI is InChI=1S/C26H28N4O4/c1-11-6-13-7-15-17(9-27)30-16(22(29(15)3)19(13)24(32)25(11)33-4)8-14-20-18(30)10-28-21(20)26(34-5)12(2)23(14)31/h6,15-18,22,32H,7-8,10H2,1-5H3/t15-,16-,17-,18-,22-/m0/s1. The van der Waals surface area contributed by atoms with Gasteiger partial charge in [0.25, 0.3) is 0 Å². The van der Waals surface area contributed by atoms with Crippen LogP contribution in [0.4, 0.5) is 0 Å². The van der Waals surface area contributed by atoms with Crippen molar-refractivity contribution in [2.24, 2.45) is 4.99 Å². The van der Waals surface area contributed by atoms with E-state index >= 15 is 0 Å². The predicted octanol–water partition coefficient (Wildman–Crippen LogP) is 2.21. The van der Waals surface area contributed by atoms with Gasteiger partial charge in [0.1, 0.15) is 11.8 Å². The number of rotatable bonds is 2. The van der Waals surface area contributed by atoms with Crippen LogP contribution in [0.15, 0.2) is 33.5 Å². The highest BCUT2D eigenvalue weighted by Crippen LogP contribution is 2.54. The lowest BCUT2D eigenvalue weighted by molar-refractivity contribution is -0.114. The molecular formula is C26H28N4O4. The van der Waals surface area contributed by atoms with Crippen molar-refractivity contribution in [1.29, 1.82) is 5.26 Å². The van der Waals surface area contributed by atoms with E-state index in [0.29, 0.717) is 36.5 Å². The molecule has 34 heavy (non-hydrogen) atoms. The summed E-state index contributed by atoms with van der Waals surface area (Å²) in [4.78, 5) is 22.8. The molecule has 176 valence electrons. The lowest BCUT2D eigenvalue weighted by Gasteiger charge is -2.59. The highest BCUT2D eigenvalue weighted by molar-refractivity contribution is 6.27. The number of phenolic OH excluding ortho intramolecular Hbond substituents is 1. The Kier molecular flexibility index (Phi) is 4.51. The van der Waals surface area contributed by atoms with Crippen LogP contribution in [0.25, 0.3) is 0 Å². The number of hydrogen-bond acceptors (Lipinski definition) is 8. The van der Waals surface area contributed by atoms with Crippen LogP contribution in [-0.4, -0.2) is 78.4 Å². The number of nitriles is 1. The number of aromatic hydroxyl groups is 1. The van der Waals surface area contributed by atoms with E-state index in [1.165, 1.54) is 0 Å².